The van der Waals surface area contributed by atoms with Gasteiger partial charge < -0.3 is 4.57 Å². The summed E-state index contributed by atoms with van der Waals surface area (Å²) in [6, 6.07) is 9.12. The van der Waals surface area contributed by atoms with Gasteiger partial charge in [-0.1, -0.05) is 29.5 Å². The second-order valence-electron chi connectivity index (χ2n) is 4.92. The van der Waals surface area contributed by atoms with E-state index in [1.807, 2.05) is 6.07 Å². The number of carbonyl (C=O) groups is 1. The number of nitrogens with zero attached hydrogens (tertiary/aromatic N) is 2. The molecule has 3 rings (SSSR count). The normalized spacial score (nSPS) is 11.9. The Morgan fingerprint density at radius 1 is 1.33 bits per heavy atom. The van der Waals surface area contributed by atoms with Gasteiger partial charge in [-0.2, -0.15) is 4.99 Å². The largest absolute Gasteiger partial charge is 0.310 e. The molecular formula is C17H11F2IN2OS. The van der Waals surface area contributed by atoms with Crippen LogP contribution < -0.4 is 4.80 Å². The number of fused-ring (bicyclic) bond motifs is 1. The zero-order valence-electron chi connectivity index (χ0n) is 12.3. The molecule has 0 spiro atoms. The van der Waals surface area contributed by atoms with Crippen molar-refractivity contribution in [2.75, 3.05) is 0 Å². The minimum absolute atomic E-state index is 0.218. The Balaban J connectivity index is 2.23. The van der Waals surface area contributed by atoms with Crippen molar-refractivity contribution in [3.63, 3.8) is 0 Å². The summed E-state index contributed by atoms with van der Waals surface area (Å²) < 4.78 is 30.3. The number of thiazole rings is 1. The number of allylic oxidation sites excluding steroid dienone is 1. The molecule has 0 unspecified atom stereocenters. The Morgan fingerprint density at radius 2 is 2.08 bits per heavy atom. The minimum Gasteiger partial charge on any atom is -0.310 e. The Bertz CT molecular complexity index is 1020. The number of hydrogen-bond donors (Lipinski definition) is 0. The third-order valence-electron chi connectivity index (χ3n) is 3.31. The van der Waals surface area contributed by atoms with E-state index in [1.165, 1.54) is 10.6 Å². The third-order valence-corrected chi connectivity index (χ3v) is 5.27. The van der Waals surface area contributed by atoms with Gasteiger partial charge >= 0.3 is 0 Å². The maximum absolute atomic E-state index is 14.2. The average molecular weight is 456 g/mol. The predicted molar refractivity (Wildman–Crippen MR) is 99.0 cm³/mol. The van der Waals surface area contributed by atoms with Gasteiger partial charge in [0.25, 0.3) is 5.91 Å². The van der Waals surface area contributed by atoms with E-state index in [0.717, 1.165) is 21.0 Å². The molecular weight excluding hydrogens is 445 g/mol. The Hall–Kier alpha value is -1.87. The van der Waals surface area contributed by atoms with Crippen molar-refractivity contribution in [1.82, 2.24) is 4.57 Å². The first kappa shape index (κ1) is 17.0. The highest BCUT2D eigenvalue weighted by molar-refractivity contribution is 14.1. The fourth-order valence-electron chi connectivity index (χ4n) is 2.29. The smallest absolute Gasteiger partial charge is 0.280 e. The van der Waals surface area contributed by atoms with Crippen LogP contribution in [0.1, 0.15) is 10.4 Å². The van der Waals surface area contributed by atoms with E-state index in [9.17, 15) is 13.6 Å². The Morgan fingerprint density at radius 3 is 2.79 bits per heavy atom. The molecule has 0 bridgehead atoms. The number of aromatic nitrogens is 1. The van der Waals surface area contributed by atoms with Gasteiger partial charge in [0.15, 0.2) is 10.6 Å². The van der Waals surface area contributed by atoms with Gasteiger partial charge in [-0.25, -0.2) is 8.78 Å². The molecule has 3 nitrogen and oxygen atoms in total. The highest BCUT2D eigenvalue weighted by atomic mass is 127. The van der Waals surface area contributed by atoms with Gasteiger partial charge in [-0.05, 0) is 40.8 Å². The zero-order valence-corrected chi connectivity index (χ0v) is 15.3. The summed E-state index contributed by atoms with van der Waals surface area (Å²) in [6.07, 6.45) is 1.57. The van der Waals surface area contributed by atoms with Crippen LogP contribution in [0.2, 0.25) is 0 Å². The topological polar surface area (TPSA) is 34.4 Å². The summed E-state index contributed by atoms with van der Waals surface area (Å²) in [4.78, 5) is 16.9. The van der Waals surface area contributed by atoms with E-state index in [4.69, 9.17) is 0 Å². The van der Waals surface area contributed by atoms with Crippen LogP contribution in [-0.2, 0) is 6.54 Å². The van der Waals surface area contributed by atoms with Crippen molar-refractivity contribution in [3.8, 4) is 0 Å². The van der Waals surface area contributed by atoms with Gasteiger partial charge in [0.2, 0.25) is 0 Å². The maximum atomic E-state index is 14.2. The van der Waals surface area contributed by atoms with E-state index < -0.39 is 17.5 Å². The van der Waals surface area contributed by atoms with E-state index in [0.29, 0.717) is 15.1 Å². The first-order valence-electron chi connectivity index (χ1n) is 6.94. The van der Waals surface area contributed by atoms with Crippen molar-refractivity contribution in [2.45, 2.75) is 6.54 Å². The molecule has 0 N–H and O–H groups in total. The summed E-state index contributed by atoms with van der Waals surface area (Å²) in [6.45, 7) is 3.91. The van der Waals surface area contributed by atoms with Crippen LogP contribution in [0, 0.1) is 15.2 Å². The summed E-state index contributed by atoms with van der Waals surface area (Å²) in [5.41, 5.74) is 0.683. The SMILES string of the molecule is C=CCn1c(=NC(=O)c2ccccc2I)sc2cc(F)cc(F)c21. The van der Waals surface area contributed by atoms with Crippen molar-refractivity contribution in [1.29, 1.82) is 0 Å². The van der Waals surface area contributed by atoms with Crippen LogP contribution >= 0.6 is 33.9 Å². The number of benzene rings is 2. The van der Waals surface area contributed by atoms with Gasteiger partial charge in [0.05, 0.1) is 15.8 Å². The third kappa shape index (κ3) is 3.18. The first-order valence-corrected chi connectivity index (χ1v) is 8.83. The molecule has 0 saturated heterocycles. The monoisotopic (exact) mass is 456 g/mol. The summed E-state index contributed by atoms with van der Waals surface area (Å²) in [7, 11) is 0. The molecule has 1 aromatic heterocycles. The molecule has 1 heterocycles. The molecule has 0 saturated carbocycles. The number of halogens is 3. The Labute approximate surface area is 154 Å². The molecule has 2 aromatic carbocycles. The molecule has 1 amide bonds. The summed E-state index contributed by atoms with van der Waals surface area (Å²) in [5.74, 6) is -1.78. The highest BCUT2D eigenvalue weighted by Gasteiger charge is 2.14. The molecule has 122 valence electrons. The molecule has 0 radical (unpaired) electrons. The quantitative estimate of drug-likeness (QED) is 0.422. The molecule has 0 atom stereocenters. The average Bonchev–Trinajstić information content (AvgIpc) is 2.85. The molecule has 0 aliphatic rings. The van der Waals surface area contributed by atoms with E-state index in [2.05, 4.69) is 34.2 Å². The van der Waals surface area contributed by atoms with Crippen molar-refractivity contribution in [2.24, 2.45) is 4.99 Å². The fourth-order valence-corrected chi connectivity index (χ4v) is 3.99. The van der Waals surface area contributed by atoms with E-state index >= 15 is 0 Å². The van der Waals surface area contributed by atoms with Gasteiger partial charge in [0, 0.05) is 16.2 Å². The van der Waals surface area contributed by atoms with E-state index in [-0.39, 0.29) is 12.1 Å². The highest BCUT2D eigenvalue weighted by Crippen LogP contribution is 2.22. The van der Waals surface area contributed by atoms with Crippen LogP contribution in [0.3, 0.4) is 0 Å². The minimum atomic E-state index is -0.689. The maximum Gasteiger partial charge on any atom is 0.280 e. The molecule has 3 aromatic rings. The van der Waals surface area contributed by atoms with Crippen molar-refractivity contribution in [3.05, 3.63) is 74.6 Å². The first-order chi connectivity index (χ1) is 11.5. The summed E-state index contributed by atoms with van der Waals surface area (Å²) in [5, 5.41) is 0. The lowest BCUT2D eigenvalue weighted by molar-refractivity contribution is 0.0997. The van der Waals surface area contributed by atoms with Crippen molar-refractivity contribution >= 4 is 50.1 Å². The number of carbonyl (C=O) groups excluding carboxylic acids is 1. The second kappa shape index (κ2) is 6.94. The van der Waals surface area contributed by atoms with Gasteiger partial charge in [-0.3, -0.25) is 4.79 Å². The van der Waals surface area contributed by atoms with Crippen molar-refractivity contribution < 1.29 is 13.6 Å². The predicted octanol–water partition coefficient (Wildman–Crippen LogP) is 4.51. The second-order valence-corrected chi connectivity index (χ2v) is 7.09. The van der Waals surface area contributed by atoms with Crippen LogP contribution in [0.4, 0.5) is 8.78 Å². The van der Waals surface area contributed by atoms with Crippen LogP contribution in [0.25, 0.3) is 10.2 Å². The lowest BCUT2D eigenvalue weighted by atomic mass is 10.2. The zero-order chi connectivity index (χ0) is 17.3. The molecule has 7 heteroatoms. The van der Waals surface area contributed by atoms with E-state index in [1.54, 1.807) is 24.3 Å². The fraction of sp³-hybridized carbons (Fsp3) is 0.0588. The molecule has 0 aliphatic carbocycles. The lowest BCUT2D eigenvalue weighted by Crippen LogP contribution is -2.17. The molecule has 0 fully saturated rings. The number of amides is 1. The van der Waals surface area contributed by atoms with Gasteiger partial charge in [-0.15, -0.1) is 6.58 Å². The molecule has 24 heavy (non-hydrogen) atoms. The van der Waals surface area contributed by atoms with Crippen LogP contribution in [0.15, 0.2) is 54.0 Å². The number of hydrogen-bond acceptors (Lipinski definition) is 2. The molecule has 0 aliphatic heterocycles. The summed E-state index contributed by atoms with van der Waals surface area (Å²) >= 11 is 3.12. The number of rotatable bonds is 3. The van der Waals surface area contributed by atoms with Gasteiger partial charge in [0.1, 0.15) is 5.82 Å². The van der Waals surface area contributed by atoms with Crippen LogP contribution in [0.5, 0.6) is 0 Å². The standard InChI is InChI=1S/C17H11F2IN2OS/c1-2-7-22-15-12(19)8-10(18)9-14(15)24-17(22)21-16(23)11-5-3-4-6-13(11)20/h2-6,8-9H,1,7H2. The lowest BCUT2D eigenvalue weighted by Gasteiger charge is -2.02. The Kier molecular flexibility index (Phi) is 4.91. The van der Waals surface area contributed by atoms with Crippen LogP contribution in [-0.4, -0.2) is 10.5 Å².